The average Bonchev–Trinajstić information content (AvgIpc) is 2.95. The number of nitrogens with one attached hydrogen (secondary N) is 1. The van der Waals surface area contributed by atoms with Gasteiger partial charge in [0.1, 0.15) is 5.82 Å². The van der Waals surface area contributed by atoms with E-state index in [2.05, 4.69) is 22.5 Å². The Bertz CT molecular complexity index is 847. The van der Waals surface area contributed by atoms with Crippen molar-refractivity contribution in [2.45, 2.75) is 26.2 Å². The van der Waals surface area contributed by atoms with Gasteiger partial charge in [-0.2, -0.15) is 9.61 Å². The molecule has 5 heteroatoms. The molecule has 2 N–H and O–H groups in total. The molecule has 0 spiro atoms. The lowest BCUT2D eigenvalue weighted by Gasteiger charge is -2.40. The third-order valence-corrected chi connectivity index (χ3v) is 5.01. The van der Waals surface area contributed by atoms with Gasteiger partial charge in [0, 0.05) is 29.7 Å². The summed E-state index contributed by atoms with van der Waals surface area (Å²) in [5.41, 5.74) is 3.81. The minimum Gasteiger partial charge on any atom is -0.396 e. The van der Waals surface area contributed by atoms with Gasteiger partial charge in [0.15, 0.2) is 5.65 Å². The van der Waals surface area contributed by atoms with E-state index in [0.717, 1.165) is 47.8 Å². The molecule has 2 aromatic heterocycles. The summed E-state index contributed by atoms with van der Waals surface area (Å²) in [5.74, 6) is 0.923. The fourth-order valence-electron chi connectivity index (χ4n) is 3.32. The summed E-state index contributed by atoms with van der Waals surface area (Å²) in [7, 11) is 0. The molecule has 124 valence electrons. The van der Waals surface area contributed by atoms with Gasteiger partial charge in [-0.15, -0.1) is 0 Å². The van der Waals surface area contributed by atoms with Gasteiger partial charge in [-0.1, -0.05) is 36.8 Å². The molecule has 1 saturated carbocycles. The highest BCUT2D eigenvalue weighted by Crippen LogP contribution is 2.40. The van der Waals surface area contributed by atoms with Crippen LogP contribution in [0.15, 0.2) is 42.5 Å². The molecule has 1 aromatic carbocycles. The lowest BCUT2D eigenvalue weighted by molar-refractivity contribution is 0.0575. The Balaban J connectivity index is 1.72. The van der Waals surface area contributed by atoms with E-state index in [4.69, 9.17) is 4.98 Å². The summed E-state index contributed by atoms with van der Waals surface area (Å²) in [5, 5.41) is 17.7. The van der Waals surface area contributed by atoms with Crippen LogP contribution in [0, 0.1) is 12.3 Å². The summed E-state index contributed by atoms with van der Waals surface area (Å²) >= 11 is 0. The van der Waals surface area contributed by atoms with E-state index in [9.17, 15) is 5.11 Å². The second-order valence-electron chi connectivity index (χ2n) is 6.81. The second kappa shape index (κ2) is 5.91. The second-order valence-corrected chi connectivity index (χ2v) is 6.81. The van der Waals surface area contributed by atoms with Gasteiger partial charge >= 0.3 is 0 Å². The van der Waals surface area contributed by atoms with Crippen LogP contribution in [0.25, 0.3) is 16.9 Å². The predicted octanol–water partition coefficient (Wildman–Crippen LogP) is 3.28. The Hall–Kier alpha value is -2.40. The molecular weight excluding hydrogens is 300 g/mol. The van der Waals surface area contributed by atoms with Gasteiger partial charge < -0.3 is 10.4 Å². The maximum absolute atomic E-state index is 9.69. The molecule has 5 nitrogen and oxygen atoms in total. The fourth-order valence-corrected chi connectivity index (χ4v) is 3.32. The number of hydrogen-bond donors (Lipinski definition) is 2. The van der Waals surface area contributed by atoms with Crippen molar-refractivity contribution in [2.75, 3.05) is 18.5 Å². The summed E-state index contributed by atoms with van der Waals surface area (Å²) in [6, 6.07) is 14.2. The van der Waals surface area contributed by atoms with Gasteiger partial charge in [0.2, 0.25) is 0 Å². The van der Waals surface area contributed by atoms with Crippen LogP contribution in [0.2, 0.25) is 0 Å². The van der Waals surface area contributed by atoms with Crippen molar-refractivity contribution in [3.05, 3.63) is 48.2 Å². The van der Waals surface area contributed by atoms with Gasteiger partial charge in [-0.25, -0.2) is 4.98 Å². The molecule has 24 heavy (non-hydrogen) atoms. The predicted molar refractivity (Wildman–Crippen MR) is 95.0 cm³/mol. The maximum Gasteiger partial charge on any atom is 0.158 e. The minimum absolute atomic E-state index is 0.0186. The van der Waals surface area contributed by atoms with Crippen LogP contribution in [0.1, 0.15) is 25.0 Å². The van der Waals surface area contributed by atoms with Crippen LogP contribution in [0.4, 0.5) is 5.82 Å². The summed E-state index contributed by atoms with van der Waals surface area (Å²) < 4.78 is 1.85. The van der Waals surface area contributed by atoms with Gasteiger partial charge in [0.05, 0.1) is 18.0 Å². The first-order valence-electron chi connectivity index (χ1n) is 8.47. The van der Waals surface area contributed by atoms with Crippen molar-refractivity contribution in [3.8, 4) is 11.3 Å². The Kier molecular flexibility index (Phi) is 3.73. The average molecular weight is 322 g/mol. The number of hydrogen-bond acceptors (Lipinski definition) is 4. The largest absolute Gasteiger partial charge is 0.396 e. The van der Waals surface area contributed by atoms with Crippen molar-refractivity contribution >= 4 is 11.5 Å². The van der Waals surface area contributed by atoms with E-state index < -0.39 is 0 Å². The van der Waals surface area contributed by atoms with Gasteiger partial charge in [0.25, 0.3) is 0 Å². The van der Waals surface area contributed by atoms with Gasteiger partial charge in [-0.3, -0.25) is 0 Å². The molecule has 0 amide bonds. The first-order valence-corrected chi connectivity index (χ1v) is 8.47. The number of anilines is 1. The molecular formula is C19H22N4O. The normalized spacial score (nSPS) is 16.1. The summed E-state index contributed by atoms with van der Waals surface area (Å²) in [4.78, 5) is 4.74. The van der Waals surface area contributed by atoms with Gasteiger partial charge in [-0.05, 0) is 19.8 Å². The van der Waals surface area contributed by atoms with E-state index in [0.29, 0.717) is 0 Å². The first kappa shape index (κ1) is 15.1. The van der Waals surface area contributed by atoms with Crippen LogP contribution in [0.5, 0.6) is 0 Å². The molecule has 1 aliphatic rings. The zero-order valence-corrected chi connectivity index (χ0v) is 13.9. The zero-order chi connectivity index (χ0) is 16.6. The monoisotopic (exact) mass is 322 g/mol. The SMILES string of the molecule is Cc1cc2nc(-c3ccccc3)cc(NCC3(CO)CCC3)n2n1. The Morgan fingerprint density at radius 3 is 2.67 bits per heavy atom. The molecule has 0 atom stereocenters. The highest BCUT2D eigenvalue weighted by Gasteiger charge is 2.36. The van der Waals surface area contributed by atoms with Crippen LogP contribution >= 0.6 is 0 Å². The van der Waals surface area contributed by atoms with Crippen molar-refractivity contribution in [2.24, 2.45) is 5.41 Å². The van der Waals surface area contributed by atoms with Crippen molar-refractivity contribution in [1.29, 1.82) is 0 Å². The van der Waals surface area contributed by atoms with Crippen LogP contribution in [-0.2, 0) is 0 Å². The third kappa shape index (κ3) is 2.65. The highest BCUT2D eigenvalue weighted by molar-refractivity contribution is 5.66. The smallest absolute Gasteiger partial charge is 0.158 e. The Morgan fingerprint density at radius 2 is 2.00 bits per heavy atom. The minimum atomic E-state index is 0.0186. The topological polar surface area (TPSA) is 62.5 Å². The van der Waals surface area contributed by atoms with Crippen LogP contribution < -0.4 is 5.32 Å². The molecule has 1 fully saturated rings. The number of aliphatic hydroxyl groups excluding tert-OH is 1. The summed E-state index contributed by atoms with van der Waals surface area (Å²) in [6.45, 7) is 2.97. The Morgan fingerprint density at radius 1 is 1.21 bits per heavy atom. The molecule has 0 saturated heterocycles. The fraction of sp³-hybridized carbons (Fsp3) is 0.368. The molecule has 2 heterocycles. The molecule has 0 radical (unpaired) electrons. The number of fused-ring (bicyclic) bond motifs is 1. The molecule has 3 aromatic rings. The third-order valence-electron chi connectivity index (χ3n) is 5.01. The number of aryl methyl sites for hydroxylation is 1. The number of aliphatic hydroxyl groups is 1. The molecule has 0 unspecified atom stereocenters. The number of benzene rings is 1. The van der Waals surface area contributed by atoms with Crippen molar-refractivity contribution in [1.82, 2.24) is 14.6 Å². The number of nitrogens with zero attached hydrogens (tertiary/aromatic N) is 3. The van der Waals surface area contributed by atoms with Crippen LogP contribution in [0.3, 0.4) is 0 Å². The van der Waals surface area contributed by atoms with Crippen molar-refractivity contribution < 1.29 is 5.11 Å². The molecule has 0 aliphatic heterocycles. The lowest BCUT2D eigenvalue weighted by Crippen LogP contribution is -2.40. The van der Waals surface area contributed by atoms with Crippen LogP contribution in [-0.4, -0.2) is 32.9 Å². The Labute approximate surface area is 141 Å². The van der Waals surface area contributed by atoms with E-state index in [1.165, 1.54) is 6.42 Å². The number of aromatic nitrogens is 3. The van der Waals surface area contributed by atoms with E-state index in [-0.39, 0.29) is 12.0 Å². The van der Waals surface area contributed by atoms with E-state index in [1.807, 2.05) is 41.8 Å². The van der Waals surface area contributed by atoms with E-state index in [1.54, 1.807) is 0 Å². The van der Waals surface area contributed by atoms with E-state index >= 15 is 0 Å². The summed E-state index contributed by atoms with van der Waals surface area (Å²) in [6.07, 6.45) is 3.35. The quantitative estimate of drug-likeness (QED) is 0.757. The standard InChI is InChI=1S/C19H22N4O/c1-14-10-18-21-16(15-6-3-2-4-7-15)11-17(23(18)22-14)20-12-19(13-24)8-5-9-19/h2-4,6-7,10-11,20,24H,5,8-9,12-13H2,1H3. The van der Waals surface area contributed by atoms with Crippen molar-refractivity contribution in [3.63, 3.8) is 0 Å². The zero-order valence-electron chi connectivity index (χ0n) is 13.9. The molecule has 1 aliphatic carbocycles. The number of rotatable bonds is 5. The molecule has 4 rings (SSSR count). The lowest BCUT2D eigenvalue weighted by atomic mass is 9.69. The first-order chi connectivity index (χ1) is 11.7. The highest BCUT2D eigenvalue weighted by atomic mass is 16.3. The molecule has 0 bridgehead atoms. The maximum atomic E-state index is 9.69.